The van der Waals surface area contributed by atoms with Crippen molar-refractivity contribution in [1.29, 1.82) is 0 Å². The van der Waals surface area contributed by atoms with E-state index in [0.717, 1.165) is 6.07 Å². The maximum absolute atomic E-state index is 14.0. The number of carbonyl (C=O) groups excluding carboxylic acids is 3. The van der Waals surface area contributed by atoms with E-state index in [-0.39, 0.29) is 11.5 Å². The fourth-order valence-electron chi connectivity index (χ4n) is 3.44. The van der Waals surface area contributed by atoms with Gasteiger partial charge >= 0.3 is 6.09 Å². The van der Waals surface area contributed by atoms with Gasteiger partial charge < -0.3 is 15.0 Å². The molecule has 0 aliphatic heterocycles. The largest absolute Gasteiger partial charge is 0.453 e. The van der Waals surface area contributed by atoms with Gasteiger partial charge in [-0.05, 0) is 42.5 Å². The monoisotopic (exact) mass is 476 g/mol. The van der Waals surface area contributed by atoms with E-state index in [0.29, 0.717) is 34.0 Å². The molecule has 0 fully saturated rings. The standard InChI is InChI=1S/C24H21FN6O4/c1-26-22(32)17-10-16(6-7-18(17)25)30(2)23(33)15-5-9-21-28-12-19(31(21)13-15)14-4-8-20(27-11-14)29-24(34)35-3/h4-13H,1-3H3,(H,26,32)(H,27,29,34). The number of nitrogens with zero attached hydrogens (tertiary/aromatic N) is 4. The number of ether oxygens (including phenoxy) is 1. The third-order valence-corrected chi connectivity index (χ3v) is 5.34. The summed E-state index contributed by atoms with van der Waals surface area (Å²) in [4.78, 5) is 46.4. The lowest BCUT2D eigenvalue weighted by Gasteiger charge is -2.18. The normalized spacial score (nSPS) is 10.6. The molecule has 3 heterocycles. The number of fused-ring (bicyclic) bond motifs is 1. The maximum Gasteiger partial charge on any atom is 0.412 e. The molecule has 35 heavy (non-hydrogen) atoms. The minimum Gasteiger partial charge on any atom is -0.453 e. The molecule has 2 N–H and O–H groups in total. The van der Waals surface area contributed by atoms with Crippen molar-refractivity contribution in [2.75, 3.05) is 31.4 Å². The predicted octanol–water partition coefficient (Wildman–Crippen LogP) is 3.35. The van der Waals surface area contributed by atoms with E-state index < -0.39 is 17.8 Å². The maximum atomic E-state index is 14.0. The summed E-state index contributed by atoms with van der Waals surface area (Å²) in [6.07, 6.45) is 4.22. The van der Waals surface area contributed by atoms with Crippen LogP contribution in [0.25, 0.3) is 16.9 Å². The number of halogens is 1. The van der Waals surface area contributed by atoms with Crippen molar-refractivity contribution in [3.63, 3.8) is 0 Å². The number of pyridine rings is 2. The third-order valence-electron chi connectivity index (χ3n) is 5.34. The summed E-state index contributed by atoms with van der Waals surface area (Å²) in [5, 5.41) is 4.86. The van der Waals surface area contributed by atoms with E-state index in [9.17, 15) is 18.8 Å². The van der Waals surface area contributed by atoms with Crippen LogP contribution in [-0.4, -0.2) is 53.5 Å². The fourth-order valence-corrected chi connectivity index (χ4v) is 3.44. The first kappa shape index (κ1) is 23.4. The Kier molecular flexibility index (Phi) is 6.40. The number of benzene rings is 1. The van der Waals surface area contributed by atoms with Gasteiger partial charge in [-0.25, -0.2) is 19.2 Å². The van der Waals surface area contributed by atoms with Crippen molar-refractivity contribution in [2.45, 2.75) is 0 Å². The molecule has 0 radical (unpaired) electrons. The molecule has 4 aromatic rings. The first-order chi connectivity index (χ1) is 16.8. The first-order valence-corrected chi connectivity index (χ1v) is 10.4. The zero-order valence-electron chi connectivity index (χ0n) is 19.1. The number of aromatic nitrogens is 3. The highest BCUT2D eigenvalue weighted by atomic mass is 19.1. The Bertz CT molecular complexity index is 1430. The molecule has 0 bridgehead atoms. The summed E-state index contributed by atoms with van der Waals surface area (Å²) in [5.74, 6) is -1.31. The topological polar surface area (TPSA) is 118 Å². The quantitative estimate of drug-likeness (QED) is 0.456. The second-order valence-corrected chi connectivity index (χ2v) is 7.45. The number of amides is 3. The van der Waals surface area contributed by atoms with Crippen molar-refractivity contribution >= 4 is 35.1 Å². The van der Waals surface area contributed by atoms with Gasteiger partial charge in [-0.3, -0.25) is 19.3 Å². The van der Waals surface area contributed by atoms with Gasteiger partial charge in [-0.1, -0.05) is 0 Å². The lowest BCUT2D eigenvalue weighted by Crippen LogP contribution is -2.27. The van der Waals surface area contributed by atoms with E-state index in [1.807, 2.05) is 0 Å². The average Bonchev–Trinajstić information content (AvgIpc) is 3.31. The lowest BCUT2D eigenvalue weighted by molar-refractivity contribution is 0.0955. The van der Waals surface area contributed by atoms with E-state index in [1.54, 1.807) is 54.3 Å². The summed E-state index contributed by atoms with van der Waals surface area (Å²) in [5.41, 5.74) is 2.55. The molecular formula is C24H21FN6O4. The number of imidazole rings is 1. The van der Waals surface area contributed by atoms with E-state index in [2.05, 4.69) is 25.3 Å². The molecule has 0 saturated carbocycles. The number of hydrogen-bond donors (Lipinski definition) is 2. The molecule has 3 amide bonds. The van der Waals surface area contributed by atoms with Crippen molar-refractivity contribution in [3.05, 3.63) is 78.0 Å². The first-order valence-electron chi connectivity index (χ1n) is 10.4. The minimum absolute atomic E-state index is 0.158. The zero-order valence-corrected chi connectivity index (χ0v) is 19.1. The molecule has 0 aliphatic rings. The van der Waals surface area contributed by atoms with Gasteiger partial charge in [0.25, 0.3) is 11.8 Å². The van der Waals surface area contributed by atoms with Gasteiger partial charge in [-0.15, -0.1) is 0 Å². The highest BCUT2D eigenvalue weighted by Gasteiger charge is 2.19. The average molecular weight is 476 g/mol. The molecule has 0 spiro atoms. The van der Waals surface area contributed by atoms with Crippen molar-refractivity contribution in [3.8, 4) is 11.3 Å². The van der Waals surface area contributed by atoms with Gasteiger partial charge in [0, 0.05) is 37.7 Å². The number of hydrogen-bond acceptors (Lipinski definition) is 6. The predicted molar refractivity (Wildman–Crippen MR) is 127 cm³/mol. The van der Waals surface area contributed by atoms with Gasteiger partial charge in [0.2, 0.25) is 0 Å². The zero-order chi connectivity index (χ0) is 25.1. The molecule has 0 atom stereocenters. The van der Waals surface area contributed by atoms with E-state index >= 15 is 0 Å². The Hall–Kier alpha value is -4.80. The molecule has 178 valence electrons. The number of carbonyl (C=O) groups is 3. The summed E-state index contributed by atoms with van der Waals surface area (Å²) in [6, 6.07) is 10.6. The Balaban J connectivity index is 1.64. The van der Waals surface area contributed by atoms with Gasteiger partial charge in [-0.2, -0.15) is 0 Å². The second kappa shape index (κ2) is 9.59. The van der Waals surface area contributed by atoms with Crippen LogP contribution in [0.1, 0.15) is 20.7 Å². The summed E-state index contributed by atoms with van der Waals surface area (Å²) < 4.78 is 20.3. The Morgan fingerprint density at radius 3 is 2.54 bits per heavy atom. The van der Waals surface area contributed by atoms with Gasteiger partial charge in [0.05, 0.1) is 30.1 Å². The fraction of sp³-hybridized carbons (Fsp3) is 0.125. The van der Waals surface area contributed by atoms with Crippen LogP contribution in [0.15, 0.2) is 61.1 Å². The van der Waals surface area contributed by atoms with Crippen LogP contribution in [0, 0.1) is 5.82 Å². The summed E-state index contributed by atoms with van der Waals surface area (Å²) in [6.45, 7) is 0. The van der Waals surface area contributed by atoms with Crippen LogP contribution in [-0.2, 0) is 4.74 Å². The van der Waals surface area contributed by atoms with Gasteiger partial charge in [0.1, 0.15) is 17.3 Å². The Labute approximate surface area is 199 Å². The molecule has 4 rings (SSSR count). The second-order valence-electron chi connectivity index (χ2n) is 7.45. The molecule has 3 aromatic heterocycles. The van der Waals surface area contributed by atoms with Crippen molar-refractivity contribution in [2.24, 2.45) is 0 Å². The van der Waals surface area contributed by atoms with E-state index in [4.69, 9.17) is 0 Å². The number of nitrogens with one attached hydrogen (secondary N) is 2. The molecule has 11 heteroatoms. The van der Waals surface area contributed by atoms with Crippen LogP contribution >= 0.6 is 0 Å². The summed E-state index contributed by atoms with van der Waals surface area (Å²) >= 11 is 0. The van der Waals surface area contributed by atoms with Gasteiger partial charge in [0.15, 0.2) is 0 Å². The minimum atomic E-state index is -0.681. The van der Waals surface area contributed by atoms with Crippen molar-refractivity contribution in [1.82, 2.24) is 19.7 Å². The highest BCUT2D eigenvalue weighted by molar-refractivity contribution is 6.06. The lowest BCUT2D eigenvalue weighted by atomic mass is 10.1. The van der Waals surface area contributed by atoms with Crippen LogP contribution in [0.3, 0.4) is 0 Å². The molecule has 1 aromatic carbocycles. The Morgan fingerprint density at radius 2 is 1.86 bits per heavy atom. The molecule has 0 unspecified atom stereocenters. The van der Waals surface area contributed by atoms with Crippen molar-refractivity contribution < 1.29 is 23.5 Å². The smallest absolute Gasteiger partial charge is 0.412 e. The number of rotatable bonds is 5. The van der Waals surface area contributed by atoms with E-state index in [1.165, 1.54) is 31.2 Å². The van der Waals surface area contributed by atoms with Crippen LogP contribution in [0.2, 0.25) is 0 Å². The number of methoxy groups -OCH3 is 1. The molecule has 0 aliphatic carbocycles. The summed E-state index contributed by atoms with van der Waals surface area (Å²) in [7, 11) is 4.20. The Morgan fingerprint density at radius 1 is 1.06 bits per heavy atom. The molecule has 0 saturated heterocycles. The molecular weight excluding hydrogens is 455 g/mol. The highest BCUT2D eigenvalue weighted by Crippen LogP contribution is 2.24. The van der Waals surface area contributed by atoms with Crippen LogP contribution in [0.5, 0.6) is 0 Å². The SMILES string of the molecule is CNC(=O)c1cc(N(C)C(=O)c2ccc3ncc(-c4ccc(NC(=O)OC)nc4)n3c2)ccc1F. The van der Waals surface area contributed by atoms with Crippen LogP contribution in [0.4, 0.5) is 20.7 Å². The molecule has 10 nitrogen and oxygen atoms in total. The third kappa shape index (κ3) is 4.64. The number of anilines is 2. The van der Waals surface area contributed by atoms with Crippen LogP contribution < -0.4 is 15.5 Å².